The highest BCUT2D eigenvalue weighted by Crippen LogP contribution is 2.38. The van der Waals surface area contributed by atoms with Gasteiger partial charge in [0.2, 0.25) is 0 Å². The normalized spacial score (nSPS) is 18.5. The molecule has 3 aromatic rings. The molecule has 1 amide bonds. The number of carbonyl (C=O) groups is 1. The summed E-state index contributed by atoms with van der Waals surface area (Å²) in [5.74, 6) is 1.84. The number of aromatic nitrogens is 1. The molecule has 6 nitrogen and oxygen atoms in total. The van der Waals surface area contributed by atoms with Crippen molar-refractivity contribution in [3.05, 3.63) is 90.3 Å². The number of piperidine rings is 1. The number of pyridine rings is 1. The lowest BCUT2D eigenvalue weighted by molar-refractivity contribution is -0.136. The smallest absolute Gasteiger partial charge is 0.260 e. The lowest BCUT2D eigenvalue weighted by Gasteiger charge is -2.45. The van der Waals surface area contributed by atoms with Crippen molar-refractivity contribution in [3.8, 4) is 11.5 Å². The van der Waals surface area contributed by atoms with Gasteiger partial charge in [0.25, 0.3) is 5.91 Å². The van der Waals surface area contributed by atoms with Crippen LogP contribution in [0.15, 0.2) is 79.1 Å². The molecule has 1 saturated heterocycles. The number of rotatable bonds is 5. The zero-order chi connectivity index (χ0) is 26.0. The second kappa shape index (κ2) is 12.9. The van der Waals surface area contributed by atoms with Gasteiger partial charge in [0.05, 0.1) is 0 Å². The molecular formula is C32H39N3O3. The monoisotopic (exact) mass is 513 g/mol. The number of hydrogen-bond donors (Lipinski definition) is 0. The highest BCUT2D eigenvalue weighted by Gasteiger charge is 2.37. The Bertz CT molecular complexity index is 1150. The van der Waals surface area contributed by atoms with Gasteiger partial charge in [-0.1, -0.05) is 48.9 Å². The number of ether oxygens (including phenoxy) is 2. The van der Waals surface area contributed by atoms with E-state index in [-0.39, 0.29) is 17.9 Å². The fourth-order valence-corrected chi connectivity index (χ4v) is 5.86. The molecule has 0 bridgehead atoms. The van der Waals surface area contributed by atoms with Crippen LogP contribution in [0.3, 0.4) is 0 Å². The Hall–Kier alpha value is -3.38. The van der Waals surface area contributed by atoms with Crippen molar-refractivity contribution in [3.63, 3.8) is 0 Å². The summed E-state index contributed by atoms with van der Waals surface area (Å²) < 4.78 is 12.0. The number of carbonyl (C=O) groups excluding carboxylic acids is 1. The van der Waals surface area contributed by atoms with E-state index in [0.717, 1.165) is 69.9 Å². The van der Waals surface area contributed by atoms with Crippen molar-refractivity contribution in [2.45, 2.75) is 45.1 Å². The van der Waals surface area contributed by atoms with Crippen LogP contribution in [-0.4, -0.2) is 60.1 Å². The molecule has 1 spiro atoms. The number of hydrogen-bond acceptors (Lipinski definition) is 5. The van der Waals surface area contributed by atoms with E-state index in [4.69, 9.17) is 9.47 Å². The van der Waals surface area contributed by atoms with Gasteiger partial charge < -0.3 is 14.4 Å². The fourth-order valence-electron chi connectivity index (χ4n) is 5.86. The molecule has 38 heavy (non-hydrogen) atoms. The maximum atomic E-state index is 12.9. The number of fused-ring (bicyclic) bond motifs is 1. The van der Waals surface area contributed by atoms with Crippen LogP contribution < -0.4 is 9.47 Å². The van der Waals surface area contributed by atoms with Crippen molar-refractivity contribution in [2.75, 3.05) is 39.4 Å². The molecule has 0 unspecified atom stereocenters. The Labute approximate surface area is 226 Å². The predicted octanol–water partition coefficient (Wildman–Crippen LogP) is 5.38. The van der Waals surface area contributed by atoms with Crippen LogP contribution in [-0.2, 0) is 17.8 Å². The van der Waals surface area contributed by atoms with Gasteiger partial charge in [0.15, 0.2) is 6.61 Å². The van der Waals surface area contributed by atoms with Gasteiger partial charge in [-0.25, -0.2) is 0 Å². The molecule has 0 aliphatic carbocycles. The van der Waals surface area contributed by atoms with Gasteiger partial charge in [0.1, 0.15) is 18.1 Å². The highest BCUT2D eigenvalue weighted by atomic mass is 16.5. The summed E-state index contributed by atoms with van der Waals surface area (Å²) >= 11 is 0. The SMILES string of the molecule is O=C(COc1ccccc1)N1CCC2(CCCCc3ccccc3OCCN(Cc3cccnc3)C2)CC1. The molecule has 0 radical (unpaired) electrons. The highest BCUT2D eigenvalue weighted by molar-refractivity contribution is 5.77. The zero-order valence-corrected chi connectivity index (χ0v) is 22.3. The van der Waals surface area contributed by atoms with Gasteiger partial charge in [-0.3, -0.25) is 14.7 Å². The van der Waals surface area contributed by atoms with Gasteiger partial charge in [-0.15, -0.1) is 0 Å². The van der Waals surface area contributed by atoms with Gasteiger partial charge in [-0.2, -0.15) is 0 Å². The van der Waals surface area contributed by atoms with Gasteiger partial charge in [-0.05, 0) is 72.9 Å². The maximum Gasteiger partial charge on any atom is 0.260 e. The number of likely N-dealkylation sites (tertiary alicyclic amines) is 1. The second-order valence-electron chi connectivity index (χ2n) is 10.7. The molecule has 1 aromatic heterocycles. The van der Waals surface area contributed by atoms with E-state index < -0.39 is 0 Å². The van der Waals surface area contributed by atoms with Crippen LogP contribution >= 0.6 is 0 Å². The number of aryl methyl sites for hydroxylation is 1. The van der Waals surface area contributed by atoms with Crippen LogP contribution in [0.2, 0.25) is 0 Å². The van der Waals surface area contributed by atoms with Crippen LogP contribution in [0, 0.1) is 5.41 Å². The van der Waals surface area contributed by atoms with E-state index in [1.54, 1.807) is 0 Å². The molecule has 5 rings (SSSR count). The largest absolute Gasteiger partial charge is 0.492 e. The standard InChI is InChI=1S/C32H39N3O3/c36-31(25-38-29-12-2-1-3-13-29)35-19-16-32(17-20-35)15-7-6-11-28-10-4-5-14-30(28)37-22-21-34(26-32)24-27-9-8-18-33-23-27/h1-5,8-10,12-14,18,23H,6-7,11,15-17,19-22,24-26H2. The Kier molecular flexibility index (Phi) is 8.92. The van der Waals surface area contributed by atoms with Crippen LogP contribution in [0.5, 0.6) is 11.5 Å². The molecule has 2 aromatic carbocycles. The van der Waals surface area contributed by atoms with Crippen molar-refractivity contribution < 1.29 is 14.3 Å². The minimum atomic E-state index is 0.0779. The molecule has 6 heteroatoms. The molecular weight excluding hydrogens is 474 g/mol. The molecule has 3 heterocycles. The predicted molar refractivity (Wildman–Crippen MR) is 149 cm³/mol. The molecule has 2 aliphatic heterocycles. The quantitative estimate of drug-likeness (QED) is 0.459. The first-order valence-electron chi connectivity index (χ1n) is 14.0. The molecule has 0 N–H and O–H groups in total. The Morgan fingerprint density at radius 1 is 0.921 bits per heavy atom. The first kappa shape index (κ1) is 26.2. The first-order valence-corrected chi connectivity index (χ1v) is 14.0. The van der Waals surface area contributed by atoms with Crippen LogP contribution in [0.25, 0.3) is 0 Å². The lowest BCUT2D eigenvalue weighted by Crippen LogP contribution is -2.49. The van der Waals surface area contributed by atoms with Crippen LogP contribution in [0.1, 0.15) is 43.2 Å². The summed E-state index contributed by atoms with van der Waals surface area (Å²) in [6.45, 7) is 5.06. The Morgan fingerprint density at radius 3 is 2.55 bits per heavy atom. The maximum absolute atomic E-state index is 12.9. The van der Waals surface area contributed by atoms with E-state index in [1.807, 2.05) is 53.7 Å². The third-order valence-electron chi connectivity index (χ3n) is 8.01. The van der Waals surface area contributed by atoms with E-state index in [2.05, 4.69) is 40.2 Å². The van der Waals surface area contributed by atoms with Gasteiger partial charge >= 0.3 is 0 Å². The summed E-state index contributed by atoms with van der Waals surface area (Å²) in [5, 5.41) is 0. The Balaban J connectivity index is 1.26. The Morgan fingerprint density at radius 2 is 1.74 bits per heavy atom. The van der Waals surface area contributed by atoms with E-state index in [0.29, 0.717) is 6.61 Å². The number of benzene rings is 2. The summed E-state index contributed by atoms with van der Waals surface area (Å²) in [6, 6.07) is 22.2. The molecule has 0 saturated carbocycles. The fraction of sp³-hybridized carbons (Fsp3) is 0.438. The third kappa shape index (κ3) is 7.13. The summed E-state index contributed by atoms with van der Waals surface area (Å²) in [4.78, 5) is 21.8. The molecule has 2 aliphatic rings. The molecule has 200 valence electrons. The van der Waals surface area contributed by atoms with Crippen molar-refractivity contribution in [1.82, 2.24) is 14.8 Å². The minimum Gasteiger partial charge on any atom is -0.492 e. The second-order valence-corrected chi connectivity index (χ2v) is 10.7. The first-order chi connectivity index (χ1) is 18.7. The molecule has 1 fully saturated rings. The minimum absolute atomic E-state index is 0.0779. The van der Waals surface area contributed by atoms with Crippen molar-refractivity contribution >= 4 is 5.91 Å². The zero-order valence-electron chi connectivity index (χ0n) is 22.3. The van der Waals surface area contributed by atoms with Crippen molar-refractivity contribution in [2.24, 2.45) is 5.41 Å². The number of para-hydroxylation sites is 2. The van der Waals surface area contributed by atoms with E-state index in [9.17, 15) is 4.79 Å². The lowest BCUT2D eigenvalue weighted by atomic mass is 9.73. The van der Waals surface area contributed by atoms with Gasteiger partial charge in [0, 0.05) is 45.1 Å². The summed E-state index contributed by atoms with van der Waals surface area (Å²) in [7, 11) is 0. The number of nitrogens with zero attached hydrogens (tertiary/aromatic N) is 3. The topological polar surface area (TPSA) is 54.9 Å². The summed E-state index contributed by atoms with van der Waals surface area (Å²) in [6.07, 6.45) is 10.4. The summed E-state index contributed by atoms with van der Waals surface area (Å²) in [5.41, 5.74) is 2.72. The van der Waals surface area contributed by atoms with E-state index >= 15 is 0 Å². The van der Waals surface area contributed by atoms with E-state index in [1.165, 1.54) is 24.0 Å². The molecule has 0 atom stereocenters. The average Bonchev–Trinajstić information content (AvgIpc) is 2.96. The average molecular weight is 514 g/mol. The van der Waals surface area contributed by atoms with Crippen molar-refractivity contribution in [1.29, 1.82) is 0 Å². The third-order valence-corrected chi connectivity index (χ3v) is 8.01. The number of amides is 1. The van der Waals surface area contributed by atoms with Crippen LogP contribution in [0.4, 0.5) is 0 Å².